The van der Waals surface area contributed by atoms with Crippen LogP contribution in [0.5, 0.6) is 0 Å². The van der Waals surface area contributed by atoms with E-state index in [2.05, 4.69) is 20.8 Å². The molecule has 5 nitrogen and oxygen atoms in total. The van der Waals surface area contributed by atoms with Gasteiger partial charge in [-0.2, -0.15) is 0 Å². The van der Waals surface area contributed by atoms with Crippen molar-refractivity contribution in [2.45, 2.75) is 13.0 Å². The van der Waals surface area contributed by atoms with Crippen LogP contribution in [0.15, 0.2) is 36.7 Å². The van der Waals surface area contributed by atoms with Crippen molar-refractivity contribution >= 4 is 23.0 Å². The van der Waals surface area contributed by atoms with Crippen LogP contribution >= 0.6 is 12.2 Å². The number of aryl methyl sites for hydroxylation is 1. The summed E-state index contributed by atoms with van der Waals surface area (Å²) in [5.41, 5.74) is 0.958. The number of para-hydroxylation sites is 1. The van der Waals surface area contributed by atoms with Crippen LogP contribution in [0.4, 0.5) is 5.69 Å². The lowest BCUT2D eigenvalue weighted by molar-refractivity contribution is 0.629. The van der Waals surface area contributed by atoms with E-state index in [0.29, 0.717) is 5.11 Å². The first-order valence-corrected chi connectivity index (χ1v) is 6.04. The van der Waals surface area contributed by atoms with E-state index in [-0.39, 0.29) is 6.04 Å². The van der Waals surface area contributed by atoms with Gasteiger partial charge in [0, 0.05) is 12.7 Å². The van der Waals surface area contributed by atoms with E-state index >= 15 is 0 Å². The molecule has 2 aromatic rings. The summed E-state index contributed by atoms with van der Waals surface area (Å²) in [4.78, 5) is 0. The molecule has 1 aromatic carbocycles. The first-order valence-electron chi connectivity index (χ1n) is 5.63. The van der Waals surface area contributed by atoms with Crippen LogP contribution in [0, 0.1) is 0 Å². The normalized spacial score (nSPS) is 11.9. The second-order valence-corrected chi connectivity index (χ2v) is 4.39. The van der Waals surface area contributed by atoms with Crippen molar-refractivity contribution in [1.82, 2.24) is 20.1 Å². The van der Waals surface area contributed by atoms with Gasteiger partial charge in [0.2, 0.25) is 0 Å². The molecular formula is C12H15N5S. The van der Waals surface area contributed by atoms with Crippen LogP contribution in [-0.4, -0.2) is 19.9 Å². The van der Waals surface area contributed by atoms with Crippen molar-refractivity contribution in [1.29, 1.82) is 0 Å². The molecule has 1 heterocycles. The Balaban J connectivity index is 1.94. The van der Waals surface area contributed by atoms with E-state index in [9.17, 15) is 0 Å². The largest absolute Gasteiger partial charge is 0.353 e. The van der Waals surface area contributed by atoms with E-state index in [4.69, 9.17) is 12.2 Å². The highest BCUT2D eigenvalue weighted by molar-refractivity contribution is 7.80. The first kappa shape index (κ1) is 12.5. The smallest absolute Gasteiger partial charge is 0.171 e. The zero-order valence-corrected chi connectivity index (χ0v) is 11.1. The summed E-state index contributed by atoms with van der Waals surface area (Å²) < 4.78 is 1.86. The fraction of sp³-hybridized carbons (Fsp3) is 0.250. The van der Waals surface area contributed by atoms with Crippen molar-refractivity contribution in [3.05, 3.63) is 42.5 Å². The Labute approximate surface area is 111 Å². The van der Waals surface area contributed by atoms with E-state index in [0.717, 1.165) is 11.5 Å². The van der Waals surface area contributed by atoms with Crippen molar-refractivity contribution < 1.29 is 0 Å². The lowest BCUT2D eigenvalue weighted by Crippen LogP contribution is -2.32. The lowest BCUT2D eigenvalue weighted by Gasteiger charge is -2.16. The zero-order chi connectivity index (χ0) is 13.0. The second kappa shape index (κ2) is 5.59. The van der Waals surface area contributed by atoms with Crippen molar-refractivity contribution in [3.8, 4) is 0 Å². The van der Waals surface area contributed by atoms with Gasteiger partial charge in [0.05, 0.1) is 6.04 Å². The summed E-state index contributed by atoms with van der Waals surface area (Å²) in [6.07, 6.45) is 1.67. The summed E-state index contributed by atoms with van der Waals surface area (Å²) in [5.74, 6) is 0.840. The highest BCUT2D eigenvalue weighted by Gasteiger charge is 2.12. The highest BCUT2D eigenvalue weighted by Crippen LogP contribution is 2.09. The van der Waals surface area contributed by atoms with Crippen molar-refractivity contribution in [2.24, 2.45) is 7.05 Å². The number of nitrogens with one attached hydrogen (secondary N) is 2. The van der Waals surface area contributed by atoms with Gasteiger partial charge < -0.3 is 15.2 Å². The van der Waals surface area contributed by atoms with Crippen LogP contribution in [0.1, 0.15) is 18.8 Å². The minimum Gasteiger partial charge on any atom is -0.353 e. The molecule has 0 aliphatic carbocycles. The third-order valence-corrected chi connectivity index (χ3v) is 2.73. The molecule has 0 aliphatic heterocycles. The predicted octanol–water partition coefficient (Wildman–Crippen LogP) is 1.86. The quantitative estimate of drug-likeness (QED) is 0.826. The molecule has 0 aliphatic rings. The number of aromatic nitrogens is 3. The van der Waals surface area contributed by atoms with Gasteiger partial charge >= 0.3 is 0 Å². The van der Waals surface area contributed by atoms with Gasteiger partial charge in [-0.25, -0.2) is 0 Å². The van der Waals surface area contributed by atoms with Crippen LogP contribution in [0.2, 0.25) is 0 Å². The maximum atomic E-state index is 5.25. The molecule has 18 heavy (non-hydrogen) atoms. The Kier molecular flexibility index (Phi) is 3.88. The van der Waals surface area contributed by atoms with Crippen LogP contribution in [0.25, 0.3) is 0 Å². The molecule has 0 radical (unpaired) electrons. The molecule has 2 rings (SSSR count). The van der Waals surface area contributed by atoms with E-state index in [1.165, 1.54) is 0 Å². The summed E-state index contributed by atoms with van der Waals surface area (Å²) in [6, 6.07) is 9.79. The molecular weight excluding hydrogens is 246 g/mol. The molecule has 0 amide bonds. The number of nitrogens with zero attached hydrogens (tertiary/aromatic N) is 3. The lowest BCUT2D eigenvalue weighted by atomic mass is 10.3. The Morgan fingerprint density at radius 2 is 2.06 bits per heavy atom. The molecule has 6 heteroatoms. The van der Waals surface area contributed by atoms with E-state index < -0.39 is 0 Å². The van der Waals surface area contributed by atoms with Crippen LogP contribution < -0.4 is 10.6 Å². The number of hydrogen-bond donors (Lipinski definition) is 2. The second-order valence-electron chi connectivity index (χ2n) is 3.99. The monoisotopic (exact) mass is 261 g/mol. The van der Waals surface area contributed by atoms with Gasteiger partial charge in [0.25, 0.3) is 0 Å². The van der Waals surface area contributed by atoms with Gasteiger partial charge in [0.1, 0.15) is 6.33 Å². The number of rotatable bonds is 3. The SMILES string of the molecule is CC(NC(=S)Nc1ccccc1)c1nncn1C. The van der Waals surface area contributed by atoms with E-state index in [1.807, 2.05) is 48.9 Å². The maximum Gasteiger partial charge on any atom is 0.171 e. The number of thiocarbonyl (C=S) groups is 1. The maximum absolute atomic E-state index is 5.25. The van der Waals surface area contributed by atoms with Crippen LogP contribution in [0.3, 0.4) is 0 Å². The molecule has 0 saturated heterocycles. The fourth-order valence-corrected chi connectivity index (χ4v) is 1.93. The topological polar surface area (TPSA) is 54.8 Å². The fourth-order valence-electron chi connectivity index (χ4n) is 1.63. The summed E-state index contributed by atoms with van der Waals surface area (Å²) >= 11 is 5.25. The third-order valence-electron chi connectivity index (χ3n) is 2.51. The van der Waals surface area contributed by atoms with Crippen molar-refractivity contribution in [3.63, 3.8) is 0 Å². The Bertz CT molecular complexity index is 522. The molecule has 1 unspecified atom stereocenters. The third kappa shape index (κ3) is 3.04. The van der Waals surface area contributed by atoms with Gasteiger partial charge in [0.15, 0.2) is 10.9 Å². The molecule has 0 fully saturated rings. The molecule has 1 atom stereocenters. The van der Waals surface area contributed by atoms with Gasteiger partial charge in [-0.05, 0) is 31.3 Å². The van der Waals surface area contributed by atoms with Gasteiger partial charge in [-0.15, -0.1) is 10.2 Å². The van der Waals surface area contributed by atoms with Crippen LogP contribution in [-0.2, 0) is 7.05 Å². The van der Waals surface area contributed by atoms with Crippen molar-refractivity contribution in [2.75, 3.05) is 5.32 Å². The van der Waals surface area contributed by atoms with Gasteiger partial charge in [-0.1, -0.05) is 18.2 Å². The Hall–Kier alpha value is -1.95. The predicted molar refractivity (Wildman–Crippen MR) is 75.2 cm³/mol. The molecule has 0 saturated carbocycles. The standard InChI is InChI=1S/C12H15N5S/c1-9(11-16-13-8-17(11)2)14-12(18)15-10-6-4-3-5-7-10/h3-9H,1-2H3,(H2,14,15,18). The molecule has 2 N–H and O–H groups in total. The minimum atomic E-state index is 0.00112. The highest BCUT2D eigenvalue weighted by atomic mass is 32.1. The average molecular weight is 261 g/mol. The number of hydrogen-bond acceptors (Lipinski definition) is 3. The first-order chi connectivity index (χ1) is 8.66. The Morgan fingerprint density at radius 1 is 1.33 bits per heavy atom. The average Bonchev–Trinajstić information content (AvgIpc) is 2.76. The zero-order valence-electron chi connectivity index (χ0n) is 10.3. The molecule has 0 bridgehead atoms. The molecule has 1 aromatic heterocycles. The van der Waals surface area contributed by atoms with Gasteiger partial charge in [-0.3, -0.25) is 0 Å². The number of anilines is 1. The summed E-state index contributed by atoms with van der Waals surface area (Å²) in [6.45, 7) is 1.99. The molecule has 0 spiro atoms. The van der Waals surface area contributed by atoms with E-state index in [1.54, 1.807) is 6.33 Å². The molecule has 94 valence electrons. The minimum absolute atomic E-state index is 0.00112. The summed E-state index contributed by atoms with van der Waals surface area (Å²) in [5, 5.41) is 14.7. The number of benzene rings is 1. The Morgan fingerprint density at radius 3 is 2.67 bits per heavy atom. The summed E-state index contributed by atoms with van der Waals surface area (Å²) in [7, 11) is 1.90.